The van der Waals surface area contributed by atoms with E-state index in [9.17, 15) is 4.79 Å². The lowest BCUT2D eigenvalue weighted by Gasteiger charge is -2.44. The normalized spacial score (nSPS) is 20.0. The summed E-state index contributed by atoms with van der Waals surface area (Å²) in [6.45, 7) is 7.08. The van der Waals surface area contributed by atoms with Crippen LogP contribution in [-0.2, 0) is 4.79 Å². The molecule has 0 saturated carbocycles. The molecule has 120 valence electrons. The molecule has 0 aliphatic carbocycles. The van der Waals surface area contributed by atoms with Crippen LogP contribution in [0.1, 0.15) is 38.8 Å². The molecular formula is C20H24N2O. The van der Waals surface area contributed by atoms with Gasteiger partial charge in [0.15, 0.2) is 0 Å². The predicted octanol–water partition coefficient (Wildman–Crippen LogP) is 4.40. The Kier molecular flexibility index (Phi) is 4.37. The van der Waals surface area contributed by atoms with E-state index in [0.717, 1.165) is 18.7 Å². The maximum Gasteiger partial charge on any atom is 0.224 e. The number of anilines is 2. The molecular weight excluding hydrogens is 284 g/mol. The number of para-hydroxylation sites is 2. The van der Waals surface area contributed by atoms with Gasteiger partial charge in [0.05, 0.1) is 6.04 Å². The van der Waals surface area contributed by atoms with E-state index >= 15 is 0 Å². The first kappa shape index (κ1) is 15.6. The lowest BCUT2D eigenvalue weighted by atomic mass is 9.90. The minimum absolute atomic E-state index is 0.0869. The fourth-order valence-electron chi connectivity index (χ4n) is 3.74. The van der Waals surface area contributed by atoms with Gasteiger partial charge in [0, 0.05) is 30.9 Å². The van der Waals surface area contributed by atoms with Gasteiger partial charge >= 0.3 is 0 Å². The van der Waals surface area contributed by atoms with Crippen LogP contribution in [-0.4, -0.2) is 18.5 Å². The highest BCUT2D eigenvalue weighted by atomic mass is 16.2. The van der Waals surface area contributed by atoms with E-state index in [-0.39, 0.29) is 11.9 Å². The van der Waals surface area contributed by atoms with Gasteiger partial charge < -0.3 is 9.80 Å². The summed E-state index contributed by atoms with van der Waals surface area (Å²) in [4.78, 5) is 16.8. The van der Waals surface area contributed by atoms with Gasteiger partial charge in [-0.3, -0.25) is 4.79 Å². The van der Waals surface area contributed by atoms with Crippen LogP contribution in [0.3, 0.4) is 0 Å². The molecule has 0 unspecified atom stereocenters. The first-order chi connectivity index (χ1) is 11.1. The number of benzene rings is 2. The van der Waals surface area contributed by atoms with Gasteiger partial charge in [-0.25, -0.2) is 0 Å². The smallest absolute Gasteiger partial charge is 0.224 e. The van der Waals surface area contributed by atoms with Crippen molar-refractivity contribution in [2.24, 2.45) is 0 Å². The molecule has 1 amide bonds. The van der Waals surface area contributed by atoms with Crippen LogP contribution in [0, 0.1) is 0 Å². The Labute approximate surface area is 138 Å². The molecule has 1 heterocycles. The van der Waals surface area contributed by atoms with E-state index in [1.165, 1.54) is 11.3 Å². The van der Waals surface area contributed by atoms with Crippen LogP contribution in [0.4, 0.5) is 11.4 Å². The fraction of sp³-hybridized carbons (Fsp3) is 0.350. The molecule has 3 heteroatoms. The Morgan fingerprint density at radius 1 is 1.13 bits per heavy atom. The number of hydrogen-bond donors (Lipinski definition) is 0. The molecule has 1 aliphatic rings. The SMILES string of the molecule is CCN1c2ccccc2[C@H](N(C(C)=O)c2ccccc2)C[C@@H]1C. The highest BCUT2D eigenvalue weighted by Crippen LogP contribution is 2.41. The van der Waals surface area contributed by atoms with Crippen LogP contribution >= 0.6 is 0 Å². The molecule has 0 aromatic heterocycles. The minimum atomic E-state index is 0.0869. The average molecular weight is 308 g/mol. The summed E-state index contributed by atoms with van der Waals surface area (Å²) >= 11 is 0. The van der Waals surface area contributed by atoms with Crippen molar-refractivity contribution in [3.63, 3.8) is 0 Å². The van der Waals surface area contributed by atoms with Gasteiger partial charge in [-0.05, 0) is 44.0 Å². The van der Waals surface area contributed by atoms with Gasteiger partial charge in [-0.2, -0.15) is 0 Å². The van der Waals surface area contributed by atoms with Crippen molar-refractivity contribution >= 4 is 17.3 Å². The molecule has 3 rings (SSSR count). The third-order valence-electron chi connectivity index (χ3n) is 4.73. The second-order valence-corrected chi connectivity index (χ2v) is 6.17. The van der Waals surface area contributed by atoms with E-state index in [1.807, 2.05) is 35.2 Å². The Hall–Kier alpha value is -2.29. The predicted molar refractivity (Wildman–Crippen MR) is 95.9 cm³/mol. The van der Waals surface area contributed by atoms with Gasteiger partial charge in [0.1, 0.15) is 0 Å². The molecule has 2 aromatic rings. The van der Waals surface area contributed by atoms with Crippen molar-refractivity contribution in [1.29, 1.82) is 0 Å². The number of amides is 1. The van der Waals surface area contributed by atoms with E-state index in [4.69, 9.17) is 0 Å². The first-order valence-corrected chi connectivity index (χ1v) is 8.34. The van der Waals surface area contributed by atoms with Crippen molar-refractivity contribution in [3.05, 3.63) is 60.2 Å². The zero-order valence-corrected chi connectivity index (χ0v) is 14.1. The van der Waals surface area contributed by atoms with Crippen LogP contribution in [0.25, 0.3) is 0 Å². The molecule has 3 nitrogen and oxygen atoms in total. The van der Waals surface area contributed by atoms with Crippen molar-refractivity contribution in [2.45, 2.75) is 39.3 Å². The summed E-state index contributed by atoms with van der Waals surface area (Å²) in [6.07, 6.45) is 0.944. The highest BCUT2D eigenvalue weighted by Gasteiger charge is 2.34. The molecule has 1 aliphatic heterocycles. The van der Waals surface area contributed by atoms with Gasteiger partial charge in [-0.1, -0.05) is 36.4 Å². The number of carbonyl (C=O) groups is 1. The summed E-state index contributed by atoms with van der Waals surface area (Å²) in [5.41, 5.74) is 3.46. The topological polar surface area (TPSA) is 23.6 Å². The molecule has 0 bridgehead atoms. The molecule has 0 N–H and O–H groups in total. The Morgan fingerprint density at radius 2 is 1.78 bits per heavy atom. The zero-order chi connectivity index (χ0) is 16.4. The van der Waals surface area contributed by atoms with Crippen molar-refractivity contribution in [1.82, 2.24) is 0 Å². The maximum atomic E-state index is 12.4. The van der Waals surface area contributed by atoms with E-state index in [1.54, 1.807) is 6.92 Å². The minimum Gasteiger partial charge on any atom is -0.369 e. The molecule has 2 aromatic carbocycles. The van der Waals surface area contributed by atoms with Gasteiger partial charge in [0.2, 0.25) is 5.91 Å². The molecule has 0 saturated heterocycles. The summed E-state index contributed by atoms with van der Waals surface area (Å²) in [5.74, 6) is 0.0909. The lowest BCUT2D eigenvalue weighted by molar-refractivity contribution is -0.117. The number of fused-ring (bicyclic) bond motifs is 1. The van der Waals surface area contributed by atoms with Gasteiger partial charge in [-0.15, -0.1) is 0 Å². The molecule has 23 heavy (non-hydrogen) atoms. The third-order valence-corrected chi connectivity index (χ3v) is 4.73. The monoisotopic (exact) mass is 308 g/mol. The summed E-state index contributed by atoms with van der Waals surface area (Å²) in [6, 6.07) is 19.0. The number of hydrogen-bond acceptors (Lipinski definition) is 2. The first-order valence-electron chi connectivity index (χ1n) is 8.34. The summed E-state index contributed by atoms with van der Waals surface area (Å²) < 4.78 is 0. The average Bonchev–Trinajstić information content (AvgIpc) is 2.56. The fourth-order valence-corrected chi connectivity index (χ4v) is 3.74. The second kappa shape index (κ2) is 6.45. The van der Waals surface area contributed by atoms with Crippen LogP contribution < -0.4 is 9.80 Å². The van der Waals surface area contributed by atoms with Crippen LogP contribution in [0.15, 0.2) is 54.6 Å². The van der Waals surface area contributed by atoms with Crippen molar-refractivity contribution in [3.8, 4) is 0 Å². The molecule has 0 spiro atoms. The van der Waals surface area contributed by atoms with E-state index in [2.05, 4.69) is 43.0 Å². The highest BCUT2D eigenvalue weighted by molar-refractivity contribution is 5.92. The van der Waals surface area contributed by atoms with Crippen LogP contribution in [0.5, 0.6) is 0 Å². The van der Waals surface area contributed by atoms with E-state index < -0.39 is 0 Å². The maximum absolute atomic E-state index is 12.4. The van der Waals surface area contributed by atoms with Crippen molar-refractivity contribution < 1.29 is 4.79 Å². The van der Waals surface area contributed by atoms with E-state index in [0.29, 0.717) is 6.04 Å². The lowest BCUT2D eigenvalue weighted by Crippen LogP contribution is -2.44. The number of carbonyl (C=O) groups excluding carboxylic acids is 1. The summed E-state index contributed by atoms with van der Waals surface area (Å²) in [5, 5.41) is 0. The standard InChI is InChI=1S/C20H24N2O/c1-4-21-15(2)14-20(18-12-8-9-13-19(18)21)22(16(3)23)17-10-6-5-7-11-17/h5-13,15,20H,4,14H2,1-3H3/t15-,20+/m0/s1. The molecule has 0 fully saturated rings. The van der Waals surface area contributed by atoms with Gasteiger partial charge in [0.25, 0.3) is 0 Å². The zero-order valence-electron chi connectivity index (χ0n) is 14.1. The third kappa shape index (κ3) is 2.83. The number of nitrogens with zero attached hydrogens (tertiary/aromatic N) is 2. The van der Waals surface area contributed by atoms with Crippen LogP contribution in [0.2, 0.25) is 0 Å². The second-order valence-electron chi connectivity index (χ2n) is 6.17. The molecule has 0 radical (unpaired) electrons. The number of rotatable bonds is 3. The Balaban J connectivity index is 2.09. The van der Waals surface area contributed by atoms with Crippen molar-refractivity contribution in [2.75, 3.05) is 16.3 Å². The molecule has 2 atom stereocenters. The Morgan fingerprint density at radius 3 is 2.43 bits per heavy atom. The quantitative estimate of drug-likeness (QED) is 0.839. The largest absolute Gasteiger partial charge is 0.369 e. The summed E-state index contributed by atoms with van der Waals surface area (Å²) in [7, 11) is 0. The Bertz CT molecular complexity index is 683.